The van der Waals surface area contributed by atoms with Crippen LogP contribution in [0.1, 0.15) is 60.1 Å². The van der Waals surface area contributed by atoms with E-state index in [1.165, 1.54) is 19.3 Å². The molecule has 0 radical (unpaired) electrons. The summed E-state index contributed by atoms with van der Waals surface area (Å²) in [5.41, 5.74) is 3.37. The molecule has 1 aromatic carbocycles. The Bertz CT molecular complexity index is 1100. The molecule has 31 heavy (non-hydrogen) atoms. The molecule has 2 aromatic rings. The zero-order valence-corrected chi connectivity index (χ0v) is 20.1. The van der Waals surface area contributed by atoms with Crippen molar-refractivity contribution in [1.29, 1.82) is 0 Å². The summed E-state index contributed by atoms with van der Waals surface area (Å²) in [6.45, 7) is 4.83. The van der Waals surface area contributed by atoms with Crippen molar-refractivity contribution in [3.05, 3.63) is 34.0 Å². The average molecular weight is 466 g/mol. The summed E-state index contributed by atoms with van der Waals surface area (Å²) < 4.78 is 27.3. The molecule has 0 spiro atoms. The van der Waals surface area contributed by atoms with Crippen LogP contribution < -0.4 is 10.0 Å². The van der Waals surface area contributed by atoms with Crippen LogP contribution in [0.15, 0.2) is 12.1 Å². The van der Waals surface area contributed by atoms with Gasteiger partial charge in [-0.25, -0.2) is 13.1 Å². The summed E-state index contributed by atoms with van der Waals surface area (Å²) in [7, 11) is -3.22. The Balaban J connectivity index is 1.61. The molecule has 2 saturated carbocycles. The highest BCUT2D eigenvalue weighted by atomic mass is 35.5. The van der Waals surface area contributed by atoms with Gasteiger partial charge in [0, 0.05) is 30.2 Å². The van der Waals surface area contributed by atoms with E-state index in [2.05, 4.69) is 14.6 Å². The van der Waals surface area contributed by atoms with E-state index >= 15 is 0 Å². The molecule has 2 N–H and O–H groups in total. The van der Waals surface area contributed by atoms with Gasteiger partial charge in [0.1, 0.15) is 0 Å². The number of nitrogens with one attached hydrogen (secondary N) is 2. The van der Waals surface area contributed by atoms with E-state index in [0.29, 0.717) is 30.1 Å². The highest BCUT2D eigenvalue weighted by Gasteiger charge is 2.35. The molecular formula is C23H32ClN3O3S. The molecule has 2 fully saturated rings. The average Bonchev–Trinajstić information content (AvgIpc) is 3.17. The first-order valence-corrected chi connectivity index (χ1v) is 13.4. The Morgan fingerprint density at radius 2 is 1.84 bits per heavy atom. The number of aromatic nitrogens is 1. The van der Waals surface area contributed by atoms with Crippen molar-refractivity contribution >= 4 is 38.4 Å². The van der Waals surface area contributed by atoms with Crippen LogP contribution in [0.4, 0.5) is 0 Å². The number of hydrogen-bond acceptors (Lipinski definition) is 3. The van der Waals surface area contributed by atoms with E-state index in [4.69, 9.17) is 11.6 Å². The maximum atomic E-state index is 13.4. The highest BCUT2D eigenvalue weighted by Crippen LogP contribution is 2.42. The quantitative estimate of drug-likeness (QED) is 0.602. The SMILES string of the molecule is Cc1ccc2c(C(=O)NC3CC4CCC(C4)C3)c(C)n(CCCNS(C)(=O)=O)c2c1Cl. The number of halogens is 1. The molecule has 0 aliphatic heterocycles. The molecule has 0 saturated heterocycles. The Kier molecular flexibility index (Phi) is 6.39. The normalized spacial score (nSPS) is 23.4. The summed E-state index contributed by atoms with van der Waals surface area (Å²) in [6.07, 6.45) is 7.84. The van der Waals surface area contributed by atoms with Crippen molar-refractivity contribution in [2.24, 2.45) is 11.8 Å². The fraction of sp³-hybridized carbons (Fsp3) is 0.609. The van der Waals surface area contributed by atoms with Crippen LogP contribution >= 0.6 is 11.6 Å². The number of hydrogen-bond donors (Lipinski definition) is 2. The monoisotopic (exact) mass is 465 g/mol. The van der Waals surface area contributed by atoms with Gasteiger partial charge in [-0.05, 0) is 56.9 Å². The van der Waals surface area contributed by atoms with Crippen molar-refractivity contribution in [2.45, 2.75) is 65.0 Å². The molecule has 2 unspecified atom stereocenters. The van der Waals surface area contributed by atoms with Crippen molar-refractivity contribution in [3.63, 3.8) is 0 Å². The molecule has 2 aliphatic carbocycles. The lowest BCUT2D eigenvalue weighted by Gasteiger charge is -2.28. The number of benzene rings is 1. The van der Waals surface area contributed by atoms with Gasteiger partial charge in [-0.3, -0.25) is 4.79 Å². The van der Waals surface area contributed by atoms with Crippen molar-refractivity contribution in [3.8, 4) is 0 Å². The summed E-state index contributed by atoms with van der Waals surface area (Å²) in [6, 6.07) is 4.18. The Labute approximate surface area is 189 Å². The first-order chi connectivity index (χ1) is 14.6. The lowest BCUT2D eigenvalue weighted by molar-refractivity contribution is 0.0919. The second-order valence-electron chi connectivity index (χ2n) is 9.41. The van der Waals surface area contributed by atoms with E-state index in [0.717, 1.165) is 53.1 Å². The third kappa shape index (κ3) is 4.78. The summed E-state index contributed by atoms with van der Waals surface area (Å²) in [5.74, 6) is 1.48. The van der Waals surface area contributed by atoms with E-state index < -0.39 is 10.0 Å². The van der Waals surface area contributed by atoms with Crippen LogP contribution in [0.3, 0.4) is 0 Å². The first kappa shape index (κ1) is 22.6. The van der Waals surface area contributed by atoms with Crippen LogP contribution in [0, 0.1) is 25.7 Å². The fourth-order valence-corrected chi connectivity index (χ4v) is 6.35. The molecule has 2 atom stereocenters. The number of nitrogens with zero attached hydrogens (tertiary/aromatic N) is 1. The minimum atomic E-state index is -3.22. The highest BCUT2D eigenvalue weighted by molar-refractivity contribution is 7.88. The maximum Gasteiger partial charge on any atom is 0.253 e. The second-order valence-corrected chi connectivity index (χ2v) is 11.6. The van der Waals surface area contributed by atoms with Gasteiger partial charge >= 0.3 is 0 Å². The predicted molar refractivity (Wildman–Crippen MR) is 125 cm³/mol. The molecule has 1 amide bonds. The van der Waals surface area contributed by atoms with Gasteiger partial charge in [0.05, 0.1) is 22.4 Å². The first-order valence-electron chi connectivity index (χ1n) is 11.2. The van der Waals surface area contributed by atoms with E-state index in [-0.39, 0.29) is 11.9 Å². The zero-order valence-electron chi connectivity index (χ0n) is 18.5. The topological polar surface area (TPSA) is 80.2 Å². The molecule has 2 bridgehead atoms. The van der Waals surface area contributed by atoms with E-state index in [1.54, 1.807) is 0 Å². The number of rotatable bonds is 7. The molecule has 8 heteroatoms. The third-order valence-corrected chi connectivity index (χ3v) is 8.19. The van der Waals surface area contributed by atoms with Crippen molar-refractivity contribution in [2.75, 3.05) is 12.8 Å². The zero-order chi connectivity index (χ0) is 22.3. The molecule has 170 valence electrons. The molecule has 1 aromatic heterocycles. The lowest BCUT2D eigenvalue weighted by Crippen LogP contribution is -2.39. The largest absolute Gasteiger partial charge is 0.349 e. The lowest BCUT2D eigenvalue weighted by atomic mass is 9.85. The minimum Gasteiger partial charge on any atom is -0.349 e. The summed E-state index contributed by atoms with van der Waals surface area (Å²) in [5, 5.41) is 4.82. The molecule has 1 heterocycles. The van der Waals surface area contributed by atoms with Crippen molar-refractivity contribution < 1.29 is 13.2 Å². The van der Waals surface area contributed by atoms with Gasteiger partial charge < -0.3 is 9.88 Å². The van der Waals surface area contributed by atoms with Crippen molar-refractivity contribution in [1.82, 2.24) is 14.6 Å². The summed E-state index contributed by atoms with van der Waals surface area (Å²) in [4.78, 5) is 13.4. The van der Waals surface area contributed by atoms with Gasteiger partial charge in [0.2, 0.25) is 10.0 Å². The molecular weight excluding hydrogens is 434 g/mol. The number of amides is 1. The Hall–Kier alpha value is -1.57. The smallest absolute Gasteiger partial charge is 0.253 e. The molecule has 2 aliphatic rings. The minimum absolute atomic E-state index is 0.0262. The number of carbonyl (C=O) groups excluding carboxylic acids is 1. The van der Waals surface area contributed by atoms with Crippen LogP contribution in [0.25, 0.3) is 10.9 Å². The van der Waals surface area contributed by atoms with Crippen LogP contribution in [-0.2, 0) is 16.6 Å². The predicted octanol–water partition coefficient (Wildman–Crippen LogP) is 4.16. The second kappa shape index (κ2) is 8.75. The fourth-order valence-electron chi connectivity index (χ4n) is 5.57. The van der Waals surface area contributed by atoms with E-state index in [1.807, 2.05) is 26.0 Å². The van der Waals surface area contributed by atoms with Gasteiger partial charge in [-0.1, -0.05) is 36.6 Å². The van der Waals surface area contributed by atoms with E-state index in [9.17, 15) is 13.2 Å². The van der Waals surface area contributed by atoms with Gasteiger partial charge in [-0.15, -0.1) is 0 Å². The maximum absolute atomic E-state index is 13.4. The third-order valence-electron chi connectivity index (χ3n) is 6.99. The number of carbonyl (C=O) groups is 1. The molecule has 6 nitrogen and oxygen atoms in total. The molecule has 4 rings (SSSR count). The van der Waals surface area contributed by atoms with Crippen LogP contribution in [-0.4, -0.2) is 37.7 Å². The van der Waals surface area contributed by atoms with Gasteiger partial charge in [-0.2, -0.15) is 0 Å². The van der Waals surface area contributed by atoms with Gasteiger partial charge in [0.25, 0.3) is 5.91 Å². The number of aryl methyl sites for hydroxylation is 2. The van der Waals surface area contributed by atoms with Gasteiger partial charge in [0.15, 0.2) is 0 Å². The number of fused-ring (bicyclic) bond motifs is 3. The standard InChI is InChI=1S/C23H32ClN3O3S/c1-14-5-8-19-20(23(28)26-18-12-16-6-7-17(11-16)13-18)15(2)27(22(19)21(14)24)10-4-9-25-31(3,29)30/h5,8,16-18,25H,4,6-7,9-13H2,1-3H3,(H,26,28). The Morgan fingerprint density at radius 1 is 1.16 bits per heavy atom. The van der Waals surface area contributed by atoms with Crippen LogP contribution in [0.5, 0.6) is 0 Å². The van der Waals surface area contributed by atoms with Crippen LogP contribution in [0.2, 0.25) is 5.02 Å². The summed E-state index contributed by atoms with van der Waals surface area (Å²) >= 11 is 6.68. The number of sulfonamides is 1. The Morgan fingerprint density at radius 3 is 2.48 bits per heavy atom.